The van der Waals surface area contributed by atoms with Crippen molar-refractivity contribution < 1.29 is 0 Å². The summed E-state index contributed by atoms with van der Waals surface area (Å²) in [5, 5.41) is 0. The fourth-order valence-corrected chi connectivity index (χ4v) is 3.12. The van der Waals surface area contributed by atoms with Crippen LogP contribution < -0.4 is 5.73 Å². The van der Waals surface area contributed by atoms with E-state index < -0.39 is 0 Å². The number of rotatable bonds is 1. The monoisotopic (exact) mass is 229 g/mol. The second kappa shape index (κ2) is 3.76. The van der Waals surface area contributed by atoms with Gasteiger partial charge in [-0.3, -0.25) is 0 Å². The Hall–Kier alpha value is -1.51. The minimum Gasteiger partial charge on any atom is -0.369 e. The number of nitrogen functional groups attached to an aromatic ring is 1. The van der Waals surface area contributed by atoms with Gasteiger partial charge in [0.2, 0.25) is 5.95 Å². The summed E-state index contributed by atoms with van der Waals surface area (Å²) < 4.78 is 2.26. The first-order valence-electron chi connectivity index (χ1n) is 6.40. The third kappa shape index (κ3) is 1.61. The molecule has 1 aromatic carbocycles. The number of hydrogen-bond donors (Lipinski definition) is 1. The standard InChI is InChI=1S/C14H19N3/c1-9-6-7-11(8-9)17-13-10(2)4-3-5-12(13)16-14(17)15/h3-5,9,11H,6-8H2,1-2H3,(H2,15,16). The zero-order valence-corrected chi connectivity index (χ0v) is 10.5. The minimum atomic E-state index is 0.538. The number of para-hydroxylation sites is 1. The summed E-state index contributed by atoms with van der Waals surface area (Å²) in [5.74, 6) is 1.48. The van der Waals surface area contributed by atoms with Crippen LogP contribution in [0.5, 0.6) is 0 Å². The molecule has 0 aliphatic heterocycles. The van der Waals surface area contributed by atoms with Gasteiger partial charge >= 0.3 is 0 Å². The lowest BCUT2D eigenvalue weighted by Gasteiger charge is -2.15. The van der Waals surface area contributed by atoms with E-state index in [1.807, 2.05) is 12.1 Å². The number of benzene rings is 1. The molecule has 3 rings (SSSR count). The van der Waals surface area contributed by atoms with E-state index in [1.54, 1.807) is 0 Å². The Morgan fingerprint density at radius 3 is 2.88 bits per heavy atom. The van der Waals surface area contributed by atoms with Crippen molar-refractivity contribution in [1.29, 1.82) is 0 Å². The summed E-state index contributed by atoms with van der Waals surface area (Å²) in [6.07, 6.45) is 3.75. The van der Waals surface area contributed by atoms with Crippen molar-refractivity contribution in [2.75, 3.05) is 5.73 Å². The van der Waals surface area contributed by atoms with Crippen LogP contribution in [-0.4, -0.2) is 9.55 Å². The van der Waals surface area contributed by atoms with Crippen molar-refractivity contribution in [2.24, 2.45) is 5.92 Å². The van der Waals surface area contributed by atoms with Crippen LogP contribution in [0.1, 0.15) is 37.8 Å². The number of nitrogens with zero attached hydrogens (tertiary/aromatic N) is 2. The van der Waals surface area contributed by atoms with E-state index in [0.717, 1.165) is 11.4 Å². The van der Waals surface area contributed by atoms with Gasteiger partial charge in [0.1, 0.15) is 0 Å². The molecular weight excluding hydrogens is 210 g/mol. The van der Waals surface area contributed by atoms with Gasteiger partial charge in [-0.1, -0.05) is 19.1 Å². The summed E-state index contributed by atoms with van der Waals surface area (Å²) in [7, 11) is 0. The molecule has 2 atom stereocenters. The third-order valence-corrected chi connectivity index (χ3v) is 3.97. The maximum atomic E-state index is 6.10. The molecule has 2 unspecified atom stereocenters. The molecule has 1 aliphatic rings. The molecule has 0 amide bonds. The first-order valence-corrected chi connectivity index (χ1v) is 6.40. The molecule has 0 bridgehead atoms. The maximum absolute atomic E-state index is 6.10. The van der Waals surface area contributed by atoms with Crippen molar-refractivity contribution in [3.8, 4) is 0 Å². The number of aryl methyl sites for hydroxylation is 1. The van der Waals surface area contributed by atoms with E-state index >= 15 is 0 Å². The second-order valence-electron chi connectivity index (χ2n) is 5.35. The van der Waals surface area contributed by atoms with Crippen molar-refractivity contribution in [3.05, 3.63) is 23.8 Å². The smallest absolute Gasteiger partial charge is 0.201 e. The molecule has 0 spiro atoms. The van der Waals surface area contributed by atoms with Crippen molar-refractivity contribution in [3.63, 3.8) is 0 Å². The Kier molecular flexibility index (Phi) is 2.35. The lowest BCUT2D eigenvalue weighted by Crippen LogP contribution is -2.09. The third-order valence-electron chi connectivity index (χ3n) is 3.97. The fourth-order valence-electron chi connectivity index (χ4n) is 3.12. The number of anilines is 1. The van der Waals surface area contributed by atoms with Gasteiger partial charge in [0.15, 0.2) is 0 Å². The van der Waals surface area contributed by atoms with E-state index in [1.165, 1.54) is 30.3 Å². The van der Waals surface area contributed by atoms with Crippen molar-refractivity contribution in [1.82, 2.24) is 9.55 Å². The Labute approximate surface area is 102 Å². The van der Waals surface area contributed by atoms with Gasteiger partial charge < -0.3 is 10.3 Å². The highest BCUT2D eigenvalue weighted by Gasteiger charge is 2.26. The van der Waals surface area contributed by atoms with Gasteiger partial charge in [0.25, 0.3) is 0 Å². The fraction of sp³-hybridized carbons (Fsp3) is 0.500. The highest BCUT2D eigenvalue weighted by Crippen LogP contribution is 2.38. The summed E-state index contributed by atoms with van der Waals surface area (Å²) in [4.78, 5) is 4.48. The lowest BCUT2D eigenvalue weighted by molar-refractivity contribution is 0.510. The minimum absolute atomic E-state index is 0.538. The van der Waals surface area contributed by atoms with Gasteiger partial charge in [-0.25, -0.2) is 4.98 Å². The zero-order valence-electron chi connectivity index (χ0n) is 10.5. The zero-order chi connectivity index (χ0) is 12.0. The van der Waals surface area contributed by atoms with E-state index in [4.69, 9.17) is 5.73 Å². The molecule has 17 heavy (non-hydrogen) atoms. The van der Waals surface area contributed by atoms with Crippen LogP contribution in [0.25, 0.3) is 11.0 Å². The maximum Gasteiger partial charge on any atom is 0.201 e. The molecule has 90 valence electrons. The molecule has 0 radical (unpaired) electrons. The Morgan fingerprint density at radius 1 is 1.35 bits per heavy atom. The van der Waals surface area contributed by atoms with E-state index in [-0.39, 0.29) is 0 Å². The van der Waals surface area contributed by atoms with Crippen LogP contribution in [0.2, 0.25) is 0 Å². The number of hydrogen-bond acceptors (Lipinski definition) is 2. The van der Waals surface area contributed by atoms with Crippen LogP contribution in [0.3, 0.4) is 0 Å². The highest BCUT2D eigenvalue weighted by molar-refractivity contribution is 5.81. The summed E-state index contributed by atoms with van der Waals surface area (Å²) in [5.41, 5.74) is 9.62. The topological polar surface area (TPSA) is 43.8 Å². The number of nitrogens with two attached hydrogens (primary N) is 1. The van der Waals surface area contributed by atoms with Gasteiger partial charge in [-0.2, -0.15) is 0 Å². The Balaban J connectivity index is 2.18. The largest absolute Gasteiger partial charge is 0.369 e. The molecule has 0 saturated heterocycles. The number of aromatic nitrogens is 2. The quantitative estimate of drug-likeness (QED) is 0.815. The highest BCUT2D eigenvalue weighted by atomic mass is 15.2. The molecular formula is C14H19N3. The first-order chi connectivity index (χ1) is 8.16. The molecule has 1 aromatic heterocycles. The lowest BCUT2D eigenvalue weighted by atomic mass is 10.1. The molecule has 2 aromatic rings. The van der Waals surface area contributed by atoms with Crippen molar-refractivity contribution >= 4 is 17.0 Å². The molecule has 1 fully saturated rings. The van der Waals surface area contributed by atoms with E-state index in [2.05, 4.69) is 29.5 Å². The van der Waals surface area contributed by atoms with E-state index in [9.17, 15) is 0 Å². The molecule has 1 heterocycles. The number of fused-ring (bicyclic) bond motifs is 1. The van der Waals surface area contributed by atoms with Gasteiger partial charge in [-0.05, 0) is 43.7 Å². The van der Waals surface area contributed by atoms with E-state index in [0.29, 0.717) is 12.0 Å². The molecule has 2 N–H and O–H groups in total. The van der Waals surface area contributed by atoms with Crippen molar-refractivity contribution in [2.45, 2.75) is 39.2 Å². The molecule has 3 heteroatoms. The van der Waals surface area contributed by atoms with Gasteiger partial charge in [0.05, 0.1) is 11.0 Å². The Bertz CT molecular complexity index is 556. The van der Waals surface area contributed by atoms with Gasteiger partial charge in [-0.15, -0.1) is 0 Å². The molecule has 3 nitrogen and oxygen atoms in total. The SMILES string of the molecule is Cc1cccc2nc(N)n(C3CCC(C)C3)c12. The molecule has 1 saturated carbocycles. The average Bonchev–Trinajstić information content (AvgIpc) is 2.82. The summed E-state index contributed by atoms with van der Waals surface area (Å²) in [6.45, 7) is 4.46. The van der Waals surface area contributed by atoms with Gasteiger partial charge in [0, 0.05) is 6.04 Å². The van der Waals surface area contributed by atoms with Crippen LogP contribution >= 0.6 is 0 Å². The van der Waals surface area contributed by atoms with Crippen LogP contribution in [-0.2, 0) is 0 Å². The predicted octanol–water partition coefficient (Wildman–Crippen LogP) is 3.29. The Morgan fingerprint density at radius 2 is 2.18 bits per heavy atom. The summed E-state index contributed by atoms with van der Waals surface area (Å²) >= 11 is 0. The normalized spacial score (nSPS) is 24.6. The predicted molar refractivity (Wildman–Crippen MR) is 70.9 cm³/mol. The second-order valence-corrected chi connectivity index (χ2v) is 5.35. The van der Waals surface area contributed by atoms with Crippen LogP contribution in [0, 0.1) is 12.8 Å². The molecule has 1 aliphatic carbocycles. The number of imidazole rings is 1. The van der Waals surface area contributed by atoms with Crippen LogP contribution in [0.15, 0.2) is 18.2 Å². The first kappa shape index (κ1) is 10.6. The van der Waals surface area contributed by atoms with Crippen LogP contribution in [0.4, 0.5) is 5.95 Å². The summed E-state index contributed by atoms with van der Waals surface area (Å²) in [6, 6.07) is 6.77. The average molecular weight is 229 g/mol.